The lowest BCUT2D eigenvalue weighted by Gasteiger charge is -2.55. The van der Waals surface area contributed by atoms with Gasteiger partial charge in [-0.15, -0.1) is 0 Å². The molecule has 1 heterocycles. The van der Waals surface area contributed by atoms with E-state index in [1.54, 1.807) is 0 Å². The van der Waals surface area contributed by atoms with Crippen LogP contribution in [0.2, 0.25) is 0 Å². The first kappa shape index (κ1) is 22.0. The smallest absolute Gasteiger partial charge is 0.102 e. The van der Waals surface area contributed by atoms with Crippen molar-refractivity contribution in [3.8, 4) is 0 Å². The van der Waals surface area contributed by atoms with Gasteiger partial charge in [0.15, 0.2) is 0 Å². The van der Waals surface area contributed by atoms with Crippen LogP contribution in [0, 0.1) is 0 Å². The fraction of sp³-hybridized carbons (Fsp3) is 0.520. The number of aliphatic hydroxyl groups excluding tert-OH is 2. The van der Waals surface area contributed by atoms with Gasteiger partial charge in [0, 0.05) is 17.6 Å². The standard InChI is InChI=1S/C25H35NO3/c1-24(2)15-21(29-18-23(28)20-13-9-6-10-14-20)16-25(3,4)26(24)17-22(27)19-11-7-5-8-12-19/h5-14,21-23,27-28H,15-18H2,1-4H3. The summed E-state index contributed by atoms with van der Waals surface area (Å²) in [5.74, 6) is 0. The fourth-order valence-corrected chi connectivity index (χ4v) is 4.79. The summed E-state index contributed by atoms with van der Waals surface area (Å²) in [6, 6.07) is 19.5. The lowest BCUT2D eigenvalue weighted by Crippen LogP contribution is -2.63. The highest BCUT2D eigenvalue weighted by atomic mass is 16.5. The Kier molecular flexibility index (Phi) is 6.79. The summed E-state index contributed by atoms with van der Waals surface area (Å²) < 4.78 is 6.17. The number of hydrogen-bond acceptors (Lipinski definition) is 4. The highest BCUT2D eigenvalue weighted by molar-refractivity contribution is 5.19. The van der Waals surface area contributed by atoms with Gasteiger partial charge in [0.1, 0.15) is 6.10 Å². The zero-order valence-electron chi connectivity index (χ0n) is 18.1. The highest BCUT2D eigenvalue weighted by Crippen LogP contribution is 2.41. The third kappa shape index (κ3) is 5.46. The van der Waals surface area contributed by atoms with Crippen LogP contribution in [0.15, 0.2) is 60.7 Å². The van der Waals surface area contributed by atoms with Crippen molar-refractivity contribution < 1.29 is 14.9 Å². The van der Waals surface area contributed by atoms with Crippen molar-refractivity contribution in [2.24, 2.45) is 0 Å². The minimum atomic E-state index is -0.611. The van der Waals surface area contributed by atoms with Crippen LogP contribution in [0.25, 0.3) is 0 Å². The molecule has 0 saturated carbocycles. The van der Waals surface area contributed by atoms with Crippen molar-refractivity contribution in [1.29, 1.82) is 0 Å². The largest absolute Gasteiger partial charge is 0.387 e. The first-order valence-corrected chi connectivity index (χ1v) is 10.5. The molecule has 2 atom stereocenters. The average Bonchev–Trinajstić information content (AvgIpc) is 2.69. The van der Waals surface area contributed by atoms with Gasteiger partial charge in [-0.3, -0.25) is 4.90 Å². The van der Waals surface area contributed by atoms with Gasteiger partial charge in [-0.05, 0) is 51.7 Å². The van der Waals surface area contributed by atoms with E-state index in [1.165, 1.54) is 0 Å². The SMILES string of the molecule is CC1(C)CC(OCC(O)c2ccccc2)CC(C)(C)N1CC(O)c1ccccc1. The second kappa shape index (κ2) is 8.97. The van der Waals surface area contributed by atoms with Gasteiger partial charge in [0.25, 0.3) is 0 Å². The topological polar surface area (TPSA) is 52.9 Å². The van der Waals surface area contributed by atoms with Crippen molar-refractivity contribution in [2.45, 2.75) is 69.9 Å². The first-order chi connectivity index (χ1) is 13.7. The Balaban J connectivity index is 1.63. The molecular formula is C25H35NO3. The van der Waals surface area contributed by atoms with E-state index in [0.29, 0.717) is 13.2 Å². The summed E-state index contributed by atoms with van der Waals surface area (Å²) in [5, 5.41) is 21.2. The third-order valence-corrected chi connectivity index (χ3v) is 6.13. The number of ether oxygens (including phenoxy) is 1. The van der Waals surface area contributed by atoms with E-state index >= 15 is 0 Å². The number of β-amino-alcohol motifs (C(OH)–C–C–N with tert-alkyl or cyclic N) is 1. The summed E-state index contributed by atoms with van der Waals surface area (Å²) in [5.41, 5.74) is 1.58. The van der Waals surface area contributed by atoms with E-state index in [9.17, 15) is 10.2 Å². The van der Waals surface area contributed by atoms with Crippen molar-refractivity contribution in [3.05, 3.63) is 71.8 Å². The van der Waals surface area contributed by atoms with Crippen LogP contribution in [0.3, 0.4) is 0 Å². The summed E-state index contributed by atoms with van der Waals surface area (Å²) in [6.45, 7) is 9.76. The van der Waals surface area contributed by atoms with Gasteiger partial charge in [-0.25, -0.2) is 0 Å². The molecule has 1 saturated heterocycles. The Hall–Kier alpha value is -1.72. The Morgan fingerprint density at radius 1 is 0.828 bits per heavy atom. The van der Waals surface area contributed by atoms with Crippen LogP contribution < -0.4 is 0 Å². The zero-order chi connectivity index (χ0) is 21.1. The van der Waals surface area contributed by atoms with E-state index in [-0.39, 0.29) is 17.2 Å². The molecule has 4 heteroatoms. The lowest BCUT2D eigenvalue weighted by atomic mass is 9.77. The molecular weight excluding hydrogens is 362 g/mol. The molecule has 0 aromatic heterocycles. The Bertz CT molecular complexity index is 742. The number of piperidine rings is 1. The van der Waals surface area contributed by atoms with Crippen LogP contribution in [-0.4, -0.2) is 45.4 Å². The molecule has 0 radical (unpaired) electrons. The maximum absolute atomic E-state index is 10.8. The molecule has 2 aromatic rings. The van der Waals surface area contributed by atoms with Crippen LogP contribution >= 0.6 is 0 Å². The Morgan fingerprint density at radius 3 is 1.76 bits per heavy atom. The van der Waals surface area contributed by atoms with Crippen molar-refractivity contribution in [3.63, 3.8) is 0 Å². The summed E-state index contributed by atoms with van der Waals surface area (Å²) in [7, 11) is 0. The molecule has 0 spiro atoms. The van der Waals surface area contributed by atoms with Gasteiger partial charge >= 0.3 is 0 Å². The van der Waals surface area contributed by atoms with Gasteiger partial charge in [-0.2, -0.15) is 0 Å². The minimum Gasteiger partial charge on any atom is -0.387 e. The minimum absolute atomic E-state index is 0.0727. The van der Waals surface area contributed by atoms with E-state index in [2.05, 4.69) is 32.6 Å². The fourth-order valence-electron chi connectivity index (χ4n) is 4.79. The molecule has 2 aromatic carbocycles. The third-order valence-electron chi connectivity index (χ3n) is 6.13. The molecule has 0 amide bonds. The molecule has 1 aliphatic rings. The number of aliphatic hydroxyl groups is 2. The van der Waals surface area contributed by atoms with Gasteiger partial charge < -0.3 is 14.9 Å². The normalized spacial score (nSPS) is 21.6. The van der Waals surface area contributed by atoms with Crippen molar-refractivity contribution >= 4 is 0 Å². The monoisotopic (exact) mass is 397 g/mol. The number of hydrogen-bond donors (Lipinski definition) is 2. The molecule has 1 fully saturated rings. The summed E-state index contributed by atoms with van der Waals surface area (Å²) >= 11 is 0. The highest BCUT2D eigenvalue weighted by Gasteiger charge is 2.46. The van der Waals surface area contributed by atoms with Crippen LogP contribution in [0.4, 0.5) is 0 Å². The van der Waals surface area contributed by atoms with E-state index in [4.69, 9.17) is 4.74 Å². The second-order valence-electron chi connectivity index (χ2n) is 9.45. The molecule has 2 N–H and O–H groups in total. The first-order valence-electron chi connectivity index (χ1n) is 10.5. The predicted molar refractivity (Wildman–Crippen MR) is 117 cm³/mol. The van der Waals surface area contributed by atoms with Gasteiger partial charge in [0.2, 0.25) is 0 Å². The lowest BCUT2D eigenvalue weighted by molar-refractivity contribution is -0.126. The Morgan fingerprint density at radius 2 is 1.28 bits per heavy atom. The van der Waals surface area contributed by atoms with Gasteiger partial charge in [-0.1, -0.05) is 60.7 Å². The predicted octanol–water partition coefficient (Wildman–Crippen LogP) is 4.49. The summed E-state index contributed by atoms with van der Waals surface area (Å²) in [4.78, 5) is 2.41. The molecule has 0 aliphatic carbocycles. The van der Waals surface area contributed by atoms with Crippen molar-refractivity contribution in [1.82, 2.24) is 4.90 Å². The average molecular weight is 398 g/mol. The maximum atomic E-state index is 10.8. The van der Waals surface area contributed by atoms with E-state index in [1.807, 2.05) is 60.7 Å². The Labute approximate surface area is 175 Å². The van der Waals surface area contributed by atoms with Crippen LogP contribution in [0.1, 0.15) is 63.9 Å². The van der Waals surface area contributed by atoms with Gasteiger partial charge in [0.05, 0.1) is 18.8 Å². The maximum Gasteiger partial charge on any atom is 0.102 e. The number of likely N-dealkylation sites (tertiary alicyclic amines) is 1. The van der Waals surface area contributed by atoms with Crippen LogP contribution in [-0.2, 0) is 4.74 Å². The quantitative estimate of drug-likeness (QED) is 0.723. The second-order valence-corrected chi connectivity index (χ2v) is 9.45. The molecule has 158 valence electrons. The van der Waals surface area contributed by atoms with E-state index in [0.717, 1.165) is 24.0 Å². The summed E-state index contributed by atoms with van der Waals surface area (Å²) in [6.07, 6.45) is 0.662. The zero-order valence-corrected chi connectivity index (χ0v) is 18.1. The molecule has 4 nitrogen and oxygen atoms in total. The number of nitrogens with zero attached hydrogens (tertiary/aromatic N) is 1. The molecule has 1 aliphatic heterocycles. The van der Waals surface area contributed by atoms with Crippen molar-refractivity contribution in [2.75, 3.05) is 13.2 Å². The van der Waals surface area contributed by atoms with E-state index < -0.39 is 12.2 Å². The molecule has 3 rings (SSSR count). The number of rotatable bonds is 7. The molecule has 0 bridgehead atoms. The molecule has 2 unspecified atom stereocenters. The van der Waals surface area contributed by atoms with Crippen LogP contribution in [0.5, 0.6) is 0 Å². The molecule has 29 heavy (non-hydrogen) atoms. The number of benzene rings is 2.